The van der Waals surface area contributed by atoms with Gasteiger partial charge < -0.3 is 19.6 Å². The molecule has 0 unspecified atom stereocenters. The van der Waals surface area contributed by atoms with Gasteiger partial charge in [0.15, 0.2) is 5.69 Å². The van der Waals surface area contributed by atoms with E-state index in [0.717, 1.165) is 63.1 Å². The number of nitrogens with one attached hydrogen (secondary N) is 1. The largest absolute Gasteiger partial charge is 0.476 e. The van der Waals surface area contributed by atoms with Crippen molar-refractivity contribution >= 4 is 17.7 Å². The minimum atomic E-state index is -1.08. The molecule has 4 heterocycles. The van der Waals surface area contributed by atoms with Crippen LogP contribution in [0.15, 0.2) is 17.2 Å². The van der Waals surface area contributed by atoms with Gasteiger partial charge in [0.05, 0.1) is 31.3 Å². The average molecular weight is 412 g/mol. The van der Waals surface area contributed by atoms with E-state index >= 15 is 0 Å². The average Bonchev–Trinajstić information content (AvgIpc) is 3.13. The molecule has 2 aromatic heterocycles. The number of fused-ring (bicyclic) bond motifs is 2. The molecule has 10 heteroatoms. The van der Waals surface area contributed by atoms with Crippen molar-refractivity contribution in [2.45, 2.75) is 31.1 Å². The topological polar surface area (TPSA) is 125 Å². The maximum atomic E-state index is 12.7. The second kappa shape index (κ2) is 7.35. The maximum Gasteiger partial charge on any atom is 0.356 e. The fraction of sp³-hybridized carbons (Fsp3) is 0.550. The lowest BCUT2D eigenvalue weighted by Gasteiger charge is -2.40. The van der Waals surface area contributed by atoms with Crippen LogP contribution in [0.3, 0.4) is 0 Å². The van der Waals surface area contributed by atoms with Gasteiger partial charge in [-0.3, -0.25) is 14.8 Å². The fourth-order valence-corrected chi connectivity index (χ4v) is 4.83. The molecule has 2 N–H and O–H groups in total. The molecule has 30 heavy (non-hydrogen) atoms. The molecule has 0 saturated carbocycles. The Kier molecular flexibility index (Phi) is 4.65. The van der Waals surface area contributed by atoms with Crippen molar-refractivity contribution in [3.63, 3.8) is 0 Å². The Morgan fingerprint density at radius 1 is 1.07 bits per heavy atom. The lowest BCUT2D eigenvalue weighted by molar-refractivity contribution is 0.0690. The van der Waals surface area contributed by atoms with E-state index in [1.165, 1.54) is 6.20 Å². The zero-order valence-corrected chi connectivity index (χ0v) is 16.6. The van der Waals surface area contributed by atoms with Crippen LogP contribution in [-0.4, -0.2) is 70.4 Å². The maximum absolute atomic E-state index is 12.7. The second-order valence-electron chi connectivity index (χ2n) is 8.15. The molecule has 3 aliphatic rings. The van der Waals surface area contributed by atoms with Crippen LogP contribution in [-0.2, 0) is 16.6 Å². The first-order chi connectivity index (χ1) is 14.6. The van der Waals surface area contributed by atoms with Gasteiger partial charge in [-0.15, -0.1) is 0 Å². The highest BCUT2D eigenvalue weighted by Crippen LogP contribution is 2.45. The SMILES string of the molecule is O=C(O)c1cncc(N2CCC3(CCc4c3nc(N3CCOCC3)[nH]c4=O)CC2)n1. The Balaban J connectivity index is 1.39. The van der Waals surface area contributed by atoms with E-state index in [1.54, 1.807) is 6.20 Å². The van der Waals surface area contributed by atoms with Crippen LogP contribution in [0.25, 0.3) is 0 Å². The Morgan fingerprint density at radius 3 is 2.57 bits per heavy atom. The van der Waals surface area contributed by atoms with Gasteiger partial charge in [0.2, 0.25) is 5.95 Å². The predicted octanol–water partition coefficient (Wildman–Crippen LogP) is 0.579. The van der Waals surface area contributed by atoms with Crippen molar-refractivity contribution < 1.29 is 14.6 Å². The van der Waals surface area contributed by atoms with Crippen LogP contribution in [0.1, 0.15) is 41.0 Å². The Bertz CT molecular complexity index is 1020. The van der Waals surface area contributed by atoms with Gasteiger partial charge >= 0.3 is 5.97 Å². The van der Waals surface area contributed by atoms with E-state index in [4.69, 9.17) is 9.72 Å². The number of aromatic carboxylic acids is 1. The molecule has 158 valence electrons. The van der Waals surface area contributed by atoms with Crippen molar-refractivity contribution in [2.75, 3.05) is 49.2 Å². The number of rotatable bonds is 3. The molecule has 10 nitrogen and oxygen atoms in total. The zero-order chi connectivity index (χ0) is 20.7. The number of carbonyl (C=O) groups is 1. The normalized spacial score (nSPS) is 20.4. The van der Waals surface area contributed by atoms with Gasteiger partial charge in [-0.25, -0.2) is 14.8 Å². The number of anilines is 2. The molecule has 5 rings (SSSR count). The van der Waals surface area contributed by atoms with Crippen LogP contribution < -0.4 is 15.4 Å². The molecule has 0 radical (unpaired) electrons. The lowest BCUT2D eigenvalue weighted by atomic mass is 9.76. The summed E-state index contributed by atoms with van der Waals surface area (Å²) in [5.74, 6) is 0.142. The van der Waals surface area contributed by atoms with Crippen molar-refractivity contribution in [2.24, 2.45) is 0 Å². The van der Waals surface area contributed by atoms with E-state index in [-0.39, 0.29) is 16.7 Å². The third kappa shape index (κ3) is 3.20. The Labute approximate surface area is 172 Å². The van der Waals surface area contributed by atoms with Crippen LogP contribution in [0.4, 0.5) is 11.8 Å². The van der Waals surface area contributed by atoms with Crippen molar-refractivity contribution in [1.29, 1.82) is 0 Å². The van der Waals surface area contributed by atoms with Crippen molar-refractivity contribution in [3.05, 3.63) is 39.7 Å². The summed E-state index contributed by atoms with van der Waals surface area (Å²) in [5.41, 5.74) is 1.56. The van der Waals surface area contributed by atoms with Gasteiger partial charge in [-0.2, -0.15) is 0 Å². The van der Waals surface area contributed by atoms with E-state index in [2.05, 4.69) is 24.8 Å². The van der Waals surface area contributed by atoms with E-state index < -0.39 is 5.97 Å². The molecule has 2 saturated heterocycles. The first kappa shape index (κ1) is 19.0. The number of piperidine rings is 1. The van der Waals surface area contributed by atoms with Crippen molar-refractivity contribution in [3.8, 4) is 0 Å². The van der Waals surface area contributed by atoms with Crippen LogP contribution in [0.2, 0.25) is 0 Å². The van der Waals surface area contributed by atoms with Crippen LogP contribution >= 0.6 is 0 Å². The molecular weight excluding hydrogens is 388 g/mol. The number of aromatic nitrogens is 4. The van der Waals surface area contributed by atoms with Gasteiger partial charge in [0, 0.05) is 37.2 Å². The van der Waals surface area contributed by atoms with Crippen molar-refractivity contribution in [1.82, 2.24) is 19.9 Å². The number of ether oxygens (including phenoxy) is 1. The number of H-pyrrole nitrogens is 1. The van der Waals surface area contributed by atoms with Crippen LogP contribution in [0, 0.1) is 0 Å². The molecule has 1 spiro atoms. The summed E-state index contributed by atoms with van der Waals surface area (Å²) in [6.45, 7) is 4.16. The Hall–Kier alpha value is -3.01. The first-order valence-corrected chi connectivity index (χ1v) is 10.3. The smallest absolute Gasteiger partial charge is 0.356 e. The number of aromatic amines is 1. The predicted molar refractivity (Wildman–Crippen MR) is 108 cm³/mol. The monoisotopic (exact) mass is 412 g/mol. The fourth-order valence-electron chi connectivity index (χ4n) is 4.83. The van der Waals surface area contributed by atoms with E-state index in [9.17, 15) is 14.7 Å². The summed E-state index contributed by atoms with van der Waals surface area (Å²) in [7, 11) is 0. The highest BCUT2D eigenvalue weighted by molar-refractivity contribution is 5.85. The molecule has 1 aliphatic carbocycles. The third-order valence-corrected chi connectivity index (χ3v) is 6.55. The summed E-state index contributed by atoms with van der Waals surface area (Å²) in [6.07, 6.45) is 6.21. The number of nitrogens with zero attached hydrogens (tertiary/aromatic N) is 5. The van der Waals surface area contributed by atoms with E-state index in [0.29, 0.717) is 25.0 Å². The zero-order valence-electron chi connectivity index (χ0n) is 16.6. The van der Waals surface area contributed by atoms with Gasteiger partial charge in [0.1, 0.15) is 5.82 Å². The number of hydrogen-bond acceptors (Lipinski definition) is 8. The molecule has 0 atom stereocenters. The number of carboxylic acid groups (broad SMARTS) is 1. The van der Waals surface area contributed by atoms with Gasteiger partial charge in [-0.05, 0) is 25.7 Å². The summed E-state index contributed by atoms with van der Waals surface area (Å²) in [5, 5.41) is 9.17. The number of carboxylic acids is 1. The quantitative estimate of drug-likeness (QED) is 0.745. The third-order valence-electron chi connectivity index (χ3n) is 6.55. The summed E-state index contributed by atoms with van der Waals surface area (Å²) in [6, 6.07) is 0. The minimum Gasteiger partial charge on any atom is -0.476 e. The molecule has 0 aromatic carbocycles. The van der Waals surface area contributed by atoms with Gasteiger partial charge in [-0.1, -0.05) is 0 Å². The molecule has 2 fully saturated rings. The Morgan fingerprint density at radius 2 is 1.83 bits per heavy atom. The molecule has 0 amide bonds. The molecule has 0 bridgehead atoms. The highest BCUT2D eigenvalue weighted by atomic mass is 16.5. The molecular formula is C20H24N6O4. The van der Waals surface area contributed by atoms with E-state index in [1.807, 2.05) is 0 Å². The minimum absolute atomic E-state index is 0.0270. The number of hydrogen-bond donors (Lipinski definition) is 2. The standard InChI is InChI=1S/C20H24N6O4/c27-17-13-1-2-20(16(13)23-19(24-17)26-7-9-30-10-8-26)3-5-25(6-4-20)15-12-21-11-14(22-15)18(28)29/h11-12H,1-10H2,(H,28,29)(H,23,24,27). The summed E-state index contributed by atoms with van der Waals surface area (Å²) in [4.78, 5) is 44.3. The first-order valence-electron chi connectivity index (χ1n) is 10.3. The molecule has 2 aromatic rings. The highest BCUT2D eigenvalue weighted by Gasteiger charge is 2.44. The summed E-state index contributed by atoms with van der Waals surface area (Å²) >= 11 is 0. The van der Waals surface area contributed by atoms with Crippen LogP contribution in [0.5, 0.6) is 0 Å². The lowest BCUT2D eigenvalue weighted by Crippen LogP contribution is -2.43. The molecule has 2 aliphatic heterocycles. The number of morpholine rings is 1. The second-order valence-corrected chi connectivity index (χ2v) is 8.15. The van der Waals surface area contributed by atoms with Gasteiger partial charge in [0.25, 0.3) is 5.56 Å². The summed E-state index contributed by atoms with van der Waals surface area (Å²) < 4.78 is 5.42.